The minimum absolute atomic E-state index is 0.0839. The Hall–Kier alpha value is -2.67. The molecule has 0 radical (unpaired) electrons. The molecule has 0 atom stereocenters. The molecular weight excluding hydrogens is 300 g/mol. The average Bonchev–Trinajstić information content (AvgIpc) is 2.55. The molecule has 0 aliphatic carbocycles. The third-order valence-electron chi connectivity index (χ3n) is 2.92. The highest BCUT2D eigenvalue weighted by atomic mass is 16.6. The number of nitrogens with zero attached hydrogens (tertiary/aromatic N) is 2. The zero-order valence-electron chi connectivity index (χ0n) is 13.0. The number of nitro groups is 1. The summed E-state index contributed by atoms with van der Waals surface area (Å²) in [5.41, 5.74) is 0.704. The summed E-state index contributed by atoms with van der Waals surface area (Å²) >= 11 is 0. The normalized spacial score (nSPS) is 10.3. The Morgan fingerprint density at radius 3 is 2.61 bits per heavy atom. The number of benzene rings is 1. The van der Waals surface area contributed by atoms with Crippen molar-refractivity contribution in [1.82, 2.24) is 4.98 Å². The minimum atomic E-state index is -0.476. The fraction of sp³-hybridized carbons (Fsp3) is 0.312. The monoisotopic (exact) mass is 318 g/mol. The van der Waals surface area contributed by atoms with Crippen molar-refractivity contribution < 1.29 is 19.1 Å². The molecule has 23 heavy (non-hydrogen) atoms. The topological polar surface area (TPSA) is 83.7 Å². The summed E-state index contributed by atoms with van der Waals surface area (Å²) in [6.07, 6.45) is 2.33. The number of aromatic nitrogens is 1. The first-order valence-electron chi connectivity index (χ1n) is 7.17. The van der Waals surface area contributed by atoms with Crippen molar-refractivity contribution >= 4 is 5.69 Å². The average molecular weight is 318 g/mol. The van der Waals surface area contributed by atoms with Crippen LogP contribution in [0.4, 0.5) is 5.69 Å². The van der Waals surface area contributed by atoms with Gasteiger partial charge in [-0.25, -0.2) is 0 Å². The smallest absolute Gasteiger partial charge is 0.311 e. The van der Waals surface area contributed by atoms with Gasteiger partial charge in [0.15, 0.2) is 0 Å². The molecule has 1 aromatic heterocycles. The lowest BCUT2D eigenvalue weighted by molar-refractivity contribution is -0.385. The van der Waals surface area contributed by atoms with Crippen LogP contribution in [0.15, 0.2) is 36.5 Å². The Bertz CT molecular complexity index is 658. The second kappa shape index (κ2) is 8.09. The second-order valence-corrected chi connectivity index (χ2v) is 4.76. The van der Waals surface area contributed by atoms with Crippen LogP contribution in [0.5, 0.6) is 17.2 Å². The summed E-state index contributed by atoms with van der Waals surface area (Å²) in [4.78, 5) is 14.7. The zero-order valence-corrected chi connectivity index (χ0v) is 13.0. The van der Waals surface area contributed by atoms with E-state index in [9.17, 15) is 10.1 Å². The molecule has 1 aromatic carbocycles. The highest BCUT2D eigenvalue weighted by Crippen LogP contribution is 2.33. The van der Waals surface area contributed by atoms with Crippen LogP contribution >= 0.6 is 0 Å². The van der Waals surface area contributed by atoms with Gasteiger partial charge in [0.25, 0.3) is 0 Å². The standard InChI is InChI=1S/C16H18N2O5/c1-3-8-22-16-9-13(6-7-15(16)18(19)20)23-14-5-4-12(11-21-2)17-10-14/h4-7,9-10H,3,8,11H2,1-2H3. The number of nitro benzene ring substituents is 1. The van der Waals surface area contributed by atoms with Crippen LogP contribution in [0.25, 0.3) is 0 Å². The fourth-order valence-corrected chi connectivity index (χ4v) is 1.88. The number of hydrogen-bond acceptors (Lipinski definition) is 6. The fourth-order valence-electron chi connectivity index (χ4n) is 1.88. The number of ether oxygens (including phenoxy) is 3. The predicted molar refractivity (Wildman–Crippen MR) is 83.9 cm³/mol. The second-order valence-electron chi connectivity index (χ2n) is 4.76. The van der Waals surface area contributed by atoms with Gasteiger partial charge in [-0.05, 0) is 24.6 Å². The van der Waals surface area contributed by atoms with Gasteiger partial charge in [0.1, 0.15) is 11.5 Å². The van der Waals surface area contributed by atoms with Crippen molar-refractivity contribution in [1.29, 1.82) is 0 Å². The van der Waals surface area contributed by atoms with Crippen LogP contribution in [-0.4, -0.2) is 23.6 Å². The van der Waals surface area contributed by atoms with Crippen molar-refractivity contribution in [2.45, 2.75) is 20.0 Å². The van der Waals surface area contributed by atoms with Crippen LogP contribution in [-0.2, 0) is 11.3 Å². The van der Waals surface area contributed by atoms with E-state index in [-0.39, 0.29) is 11.4 Å². The Kier molecular flexibility index (Phi) is 5.87. The maximum atomic E-state index is 11.0. The molecule has 0 fully saturated rings. The number of rotatable bonds is 8. The van der Waals surface area contributed by atoms with Crippen molar-refractivity contribution in [2.75, 3.05) is 13.7 Å². The first-order valence-corrected chi connectivity index (χ1v) is 7.17. The molecule has 0 amide bonds. The molecule has 0 saturated heterocycles. The number of pyridine rings is 1. The third kappa shape index (κ3) is 4.65. The third-order valence-corrected chi connectivity index (χ3v) is 2.92. The van der Waals surface area contributed by atoms with E-state index in [0.717, 1.165) is 12.1 Å². The molecule has 0 aliphatic heterocycles. The van der Waals surface area contributed by atoms with Gasteiger partial charge in [-0.3, -0.25) is 15.1 Å². The molecule has 7 nitrogen and oxygen atoms in total. The Morgan fingerprint density at radius 2 is 2.00 bits per heavy atom. The van der Waals surface area contributed by atoms with Gasteiger partial charge in [0.2, 0.25) is 5.75 Å². The minimum Gasteiger partial charge on any atom is -0.487 e. The molecular formula is C16H18N2O5. The molecule has 0 bridgehead atoms. The number of hydrogen-bond donors (Lipinski definition) is 0. The maximum absolute atomic E-state index is 11.0. The predicted octanol–water partition coefficient (Wildman–Crippen LogP) is 3.72. The molecule has 7 heteroatoms. The van der Waals surface area contributed by atoms with Crippen molar-refractivity contribution in [3.05, 3.63) is 52.3 Å². The Balaban J connectivity index is 2.17. The van der Waals surface area contributed by atoms with E-state index in [2.05, 4.69) is 4.98 Å². The van der Waals surface area contributed by atoms with Crippen molar-refractivity contribution in [2.24, 2.45) is 0 Å². The summed E-state index contributed by atoms with van der Waals surface area (Å²) in [6.45, 7) is 2.75. The molecule has 122 valence electrons. The summed E-state index contributed by atoms with van der Waals surface area (Å²) in [5.74, 6) is 1.17. The van der Waals surface area contributed by atoms with Crippen LogP contribution in [0.3, 0.4) is 0 Å². The maximum Gasteiger partial charge on any atom is 0.311 e. The summed E-state index contributed by atoms with van der Waals surface area (Å²) in [5, 5.41) is 11.0. The highest BCUT2D eigenvalue weighted by molar-refractivity contribution is 5.51. The van der Waals surface area contributed by atoms with Gasteiger partial charge >= 0.3 is 5.69 Å². The largest absolute Gasteiger partial charge is 0.487 e. The van der Waals surface area contributed by atoms with E-state index in [1.165, 1.54) is 18.2 Å². The lowest BCUT2D eigenvalue weighted by atomic mass is 10.2. The van der Waals surface area contributed by atoms with Gasteiger partial charge in [0.05, 0.1) is 30.0 Å². The van der Waals surface area contributed by atoms with Crippen LogP contribution in [0.2, 0.25) is 0 Å². The molecule has 2 aromatic rings. The first-order chi connectivity index (χ1) is 11.1. The molecule has 0 spiro atoms. The molecule has 0 saturated carbocycles. The lowest BCUT2D eigenvalue weighted by Crippen LogP contribution is -2.00. The molecule has 0 N–H and O–H groups in total. The van der Waals surface area contributed by atoms with Gasteiger partial charge in [-0.1, -0.05) is 6.92 Å². The first kappa shape index (κ1) is 16.7. The van der Waals surface area contributed by atoms with Gasteiger partial charge < -0.3 is 14.2 Å². The molecule has 1 heterocycles. The molecule has 2 rings (SSSR count). The van der Waals surface area contributed by atoms with E-state index in [4.69, 9.17) is 14.2 Å². The lowest BCUT2D eigenvalue weighted by Gasteiger charge is -2.09. The van der Waals surface area contributed by atoms with Crippen molar-refractivity contribution in [3.8, 4) is 17.2 Å². The van der Waals surface area contributed by atoms with Crippen LogP contribution in [0, 0.1) is 10.1 Å². The Morgan fingerprint density at radius 1 is 1.22 bits per heavy atom. The van der Waals surface area contributed by atoms with Crippen LogP contribution < -0.4 is 9.47 Å². The van der Waals surface area contributed by atoms with E-state index in [1.807, 2.05) is 6.92 Å². The molecule has 0 unspecified atom stereocenters. The molecule has 0 aliphatic rings. The van der Waals surface area contributed by atoms with Crippen LogP contribution in [0.1, 0.15) is 19.0 Å². The van der Waals surface area contributed by atoms with Gasteiger partial charge in [-0.2, -0.15) is 0 Å². The van der Waals surface area contributed by atoms with E-state index in [0.29, 0.717) is 24.7 Å². The quantitative estimate of drug-likeness (QED) is 0.545. The van der Waals surface area contributed by atoms with E-state index in [1.54, 1.807) is 25.4 Å². The number of methoxy groups -OCH3 is 1. The van der Waals surface area contributed by atoms with E-state index < -0.39 is 4.92 Å². The summed E-state index contributed by atoms with van der Waals surface area (Å²) in [7, 11) is 1.60. The van der Waals surface area contributed by atoms with E-state index >= 15 is 0 Å². The summed E-state index contributed by atoms with van der Waals surface area (Å²) in [6, 6.07) is 7.96. The SMILES string of the molecule is CCCOc1cc(Oc2ccc(COC)nc2)ccc1[N+](=O)[O-]. The Labute approximate surface area is 134 Å². The highest BCUT2D eigenvalue weighted by Gasteiger charge is 2.16. The van der Waals surface area contributed by atoms with Crippen molar-refractivity contribution in [3.63, 3.8) is 0 Å². The summed E-state index contributed by atoms with van der Waals surface area (Å²) < 4.78 is 16.1. The van der Waals surface area contributed by atoms with Gasteiger partial charge in [0, 0.05) is 19.2 Å². The van der Waals surface area contributed by atoms with Gasteiger partial charge in [-0.15, -0.1) is 0 Å². The zero-order chi connectivity index (χ0) is 16.7.